The maximum absolute atomic E-state index is 12.6. The number of hydrogen-bond acceptors (Lipinski definition) is 3. The van der Waals surface area contributed by atoms with Crippen molar-refractivity contribution in [3.63, 3.8) is 0 Å². The zero-order valence-corrected chi connectivity index (χ0v) is 14.5. The number of halogens is 1. The van der Waals surface area contributed by atoms with E-state index in [9.17, 15) is 9.59 Å². The van der Waals surface area contributed by atoms with Gasteiger partial charge in [0.2, 0.25) is 5.91 Å². The van der Waals surface area contributed by atoms with Crippen LogP contribution in [-0.4, -0.2) is 58.8 Å². The molecule has 0 aliphatic carbocycles. The van der Waals surface area contributed by atoms with Crippen LogP contribution in [0.2, 0.25) is 0 Å². The molecule has 0 bridgehead atoms. The van der Waals surface area contributed by atoms with E-state index in [1.807, 2.05) is 37.3 Å². The van der Waals surface area contributed by atoms with Gasteiger partial charge in [-0.3, -0.25) is 9.59 Å². The third kappa shape index (κ3) is 3.88. The van der Waals surface area contributed by atoms with E-state index in [1.165, 1.54) is 0 Å². The number of nitrogens with two attached hydrogens (primary N) is 1. The molecule has 1 aromatic carbocycles. The number of benzene rings is 1. The summed E-state index contributed by atoms with van der Waals surface area (Å²) < 4.78 is 0. The molecule has 0 saturated carbocycles. The second kappa shape index (κ2) is 7.68. The summed E-state index contributed by atoms with van der Waals surface area (Å²) in [5.41, 5.74) is 7.23. The average molecular weight is 351 g/mol. The number of aromatic amines is 1. The number of fused-ring (bicyclic) bond motifs is 1. The number of piperazine rings is 1. The Morgan fingerprint density at radius 1 is 1.17 bits per heavy atom. The van der Waals surface area contributed by atoms with E-state index in [0.29, 0.717) is 38.3 Å². The lowest BCUT2D eigenvalue weighted by Crippen LogP contribution is -2.51. The molecule has 0 spiro atoms. The number of amides is 2. The number of nitrogens with zero attached hydrogens (tertiary/aromatic N) is 2. The molecule has 1 aromatic heterocycles. The van der Waals surface area contributed by atoms with Crippen LogP contribution in [0.15, 0.2) is 30.3 Å². The second-order valence-corrected chi connectivity index (χ2v) is 6.12. The molecule has 7 heteroatoms. The van der Waals surface area contributed by atoms with Crippen molar-refractivity contribution >= 4 is 35.1 Å². The quantitative estimate of drug-likeness (QED) is 0.882. The van der Waals surface area contributed by atoms with E-state index in [4.69, 9.17) is 5.73 Å². The molecule has 24 heavy (non-hydrogen) atoms. The van der Waals surface area contributed by atoms with Crippen LogP contribution in [0, 0.1) is 0 Å². The second-order valence-electron chi connectivity index (χ2n) is 6.12. The number of carbonyl (C=O) groups is 2. The summed E-state index contributed by atoms with van der Waals surface area (Å²) in [6, 6.07) is 9.58. The lowest BCUT2D eigenvalue weighted by Gasteiger charge is -2.34. The van der Waals surface area contributed by atoms with Gasteiger partial charge in [0.05, 0.1) is 0 Å². The van der Waals surface area contributed by atoms with Crippen molar-refractivity contribution in [1.82, 2.24) is 14.8 Å². The normalized spacial score (nSPS) is 15.9. The van der Waals surface area contributed by atoms with E-state index >= 15 is 0 Å². The smallest absolute Gasteiger partial charge is 0.270 e. The summed E-state index contributed by atoms with van der Waals surface area (Å²) in [4.78, 5) is 31.4. The van der Waals surface area contributed by atoms with E-state index in [2.05, 4.69) is 4.98 Å². The highest BCUT2D eigenvalue weighted by molar-refractivity contribution is 5.98. The number of carbonyl (C=O) groups excluding carboxylic acids is 2. The molecule has 0 radical (unpaired) electrons. The highest BCUT2D eigenvalue weighted by Gasteiger charge is 2.25. The molecule has 2 aromatic rings. The zero-order valence-electron chi connectivity index (χ0n) is 13.7. The van der Waals surface area contributed by atoms with Crippen LogP contribution >= 0.6 is 12.4 Å². The van der Waals surface area contributed by atoms with Crippen LogP contribution in [0.4, 0.5) is 0 Å². The molecule has 1 aliphatic rings. The van der Waals surface area contributed by atoms with Crippen molar-refractivity contribution in [3.8, 4) is 0 Å². The molecule has 2 heterocycles. The highest BCUT2D eigenvalue weighted by atomic mass is 35.5. The summed E-state index contributed by atoms with van der Waals surface area (Å²) in [6.07, 6.45) is 0.357. The fraction of sp³-hybridized carbons (Fsp3) is 0.412. The van der Waals surface area contributed by atoms with Gasteiger partial charge in [0, 0.05) is 49.5 Å². The summed E-state index contributed by atoms with van der Waals surface area (Å²) in [5.74, 6) is 0.0539. The monoisotopic (exact) mass is 350 g/mol. The van der Waals surface area contributed by atoms with Crippen molar-refractivity contribution in [1.29, 1.82) is 0 Å². The molecule has 130 valence electrons. The standard InChI is InChI=1S/C17H22N4O2.ClH/c1-12(18)10-16(22)20-6-8-21(9-7-20)17(23)15-11-13-4-2-3-5-14(13)19-15;/h2-5,11-12,19H,6-10,18H2,1H3;1H. The lowest BCUT2D eigenvalue weighted by molar-refractivity contribution is -0.132. The van der Waals surface area contributed by atoms with Gasteiger partial charge < -0.3 is 20.5 Å². The number of para-hydroxylation sites is 1. The predicted octanol–water partition coefficient (Wildman–Crippen LogP) is 1.61. The Morgan fingerprint density at radius 3 is 2.42 bits per heavy atom. The zero-order chi connectivity index (χ0) is 16.4. The lowest BCUT2D eigenvalue weighted by atomic mass is 10.2. The van der Waals surface area contributed by atoms with Crippen LogP contribution in [0.3, 0.4) is 0 Å². The van der Waals surface area contributed by atoms with Gasteiger partial charge in [0.25, 0.3) is 5.91 Å². The molecule has 3 N–H and O–H groups in total. The predicted molar refractivity (Wildman–Crippen MR) is 96.3 cm³/mol. The first-order valence-electron chi connectivity index (χ1n) is 7.95. The molecule has 6 nitrogen and oxygen atoms in total. The Kier molecular flexibility index (Phi) is 5.85. The van der Waals surface area contributed by atoms with Crippen LogP contribution in [0.5, 0.6) is 0 Å². The topological polar surface area (TPSA) is 82.4 Å². The molecular formula is C17H23ClN4O2. The Labute approximate surface area is 147 Å². The molecule has 1 unspecified atom stereocenters. The Balaban J connectivity index is 0.00000208. The van der Waals surface area contributed by atoms with Crippen molar-refractivity contribution < 1.29 is 9.59 Å². The van der Waals surface area contributed by atoms with Crippen molar-refractivity contribution in [3.05, 3.63) is 36.0 Å². The summed E-state index contributed by atoms with van der Waals surface area (Å²) in [6.45, 7) is 4.07. The number of rotatable bonds is 3. The maximum Gasteiger partial charge on any atom is 0.270 e. The van der Waals surface area contributed by atoms with Crippen molar-refractivity contribution in [2.75, 3.05) is 26.2 Å². The van der Waals surface area contributed by atoms with Crippen molar-refractivity contribution in [2.45, 2.75) is 19.4 Å². The SMILES string of the molecule is CC(N)CC(=O)N1CCN(C(=O)c2cc3ccccc3[nH]2)CC1.Cl. The third-order valence-electron chi connectivity index (χ3n) is 4.18. The van der Waals surface area contributed by atoms with Gasteiger partial charge in [0.1, 0.15) is 5.69 Å². The van der Waals surface area contributed by atoms with Gasteiger partial charge in [0.15, 0.2) is 0 Å². The van der Waals surface area contributed by atoms with Crippen molar-refractivity contribution in [2.24, 2.45) is 5.73 Å². The molecule has 2 amide bonds. The molecule has 1 atom stereocenters. The number of hydrogen-bond donors (Lipinski definition) is 2. The van der Waals surface area contributed by atoms with Crippen LogP contribution in [0.1, 0.15) is 23.8 Å². The highest BCUT2D eigenvalue weighted by Crippen LogP contribution is 2.17. The minimum Gasteiger partial charge on any atom is -0.351 e. The first kappa shape index (κ1) is 18.3. The van der Waals surface area contributed by atoms with Gasteiger partial charge in [-0.1, -0.05) is 18.2 Å². The van der Waals surface area contributed by atoms with E-state index in [-0.39, 0.29) is 30.3 Å². The molecule has 1 aliphatic heterocycles. The van der Waals surface area contributed by atoms with E-state index in [1.54, 1.807) is 9.80 Å². The molecule has 1 saturated heterocycles. The van der Waals surface area contributed by atoms with Crippen LogP contribution in [0.25, 0.3) is 10.9 Å². The Morgan fingerprint density at radius 2 is 1.79 bits per heavy atom. The fourth-order valence-corrected chi connectivity index (χ4v) is 2.92. The van der Waals surface area contributed by atoms with Gasteiger partial charge in [-0.25, -0.2) is 0 Å². The van der Waals surface area contributed by atoms with Crippen LogP contribution in [-0.2, 0) is 4.79 Å². The molecule has 3 rings (SSSR count). The number of nitrogens with one attached hydrogen (secondary N) is 1. The minimum absolute atomic E-state index is 0. The average Bonchev–Trinajstić information content (AvgIpc) is 2.97. The maximum atomic E-state index is 12.6. The summed E-state index contributed by atoms with van der Waals surface area (Å²) >= 11 is 0. The first-order valence-corrected chi connectivity index (χ1v) is 7.95. The first-order chi connectivity index (χ1) is 11.0. The number of H-pyrrole nitrogens is 1. The fourth-order valence-electron chi connectivity index (χ4n) is 2.92. The van der Waals surface area contributed by atoms with E-state index in [0.717, 1.165) is 10.9 Å². The van der Waals surface area contributed by atoms with Gasteiger partial charge >= 0.3 is 0 Å². The van der Waals surface area contributed by atoms with Gasteiger partial charge in [-0.05, 0) is 19.1 Å². The van der Waals surface area contributed by atoms with E-state index < -0.39 is 0 Å². The number of aromatic nitrogens is 1. The van der Waals surface area contributed by atoms with Gasteiger partial charge in [-0.15, -0.1) is 12.4 Å². The van der Waals surface area contributed by atoms with Gasteiger partial charge in [-0.2, -0.15) is 0 Å². The largest absolute Gasteiger partial charge is 0.351 e. The Bertz CT molecular complexity index is 687. The summed E-state index contributed by atoms with van der Waals surface area (Å²) in [5, 5.41) is 1.03. The molecule has 1 fully saturated rings. The third-order valence-corrected chi connectivity index (χ3v) is 4.18. The van der Waals surface area contributed by atoms with Crippen LogP contribution < -0.4 is 5.73 Å². The molecular weight excluding hydrogens is 328 g/mol. The minimum atomic E-state index is -0.131. The summed E-state index contributed by atoms with van der Waals surface area (Å²) in [7, 11) is 0. The Hall–Kier alpha value is -2.05.